The lowest BCUT2D eigenvalue weighted by atomic mass is 9.96. The van der Waals surface area contributed by atoms with Crippen molar-refractivity contribution in [3.8, 4) is 0 Å². The Bertz CT molecular complexity index is 567. The highest BCUT2D eigenvalue weighted by molar-refractivity contribution is 5.88. The van der Waals surface area contributed by atoms with E-state index in [9.17, 15) is 14.4 Å². The highest BCUT2D eigenvalue weighted by Crippen LogP contribution is 2.17. The number of carbonyl (C=O) groups is 3. The summed E-state index contributed by atoms with van der Waals surface area (Å²) in [6, 6.07) is 0. The van der Waals surface area contributed by atoms with Gasteiger partial charge in [0.05, 0.1) is 39.5 Å². The van der Waals surface area contributed by atoms with Crippen molar-refractivity contribution in [3.63, 3.8) is 0 Å². The molecule has 0 rings (SSSR count). The van der Waals surface area contributed by atoms with Crippen LogP contribution in [0, 0.1) is 0 Å². The van der Waals surface area contributed by atoms with Gasteiger partial charge in [-0.3, -0.25) is 9.59 Å². The van der Waals surface area contributed by atoms with Crippen LogP contribution in [0.2, 0.25) is 0 Å². The lowest BCUT2D eigenvalue weighted by Gasteiger charge is -2.35. The lowest BCUT2D eigenvalue weighted by molar-refractivity contribution is -0.910. The van der Waals surface area contributed by atoms with Crippen LogP contribution in [0.3, 0.4) is 0 Å². The van der Waals surface area contributed by atoms with E-state index in [0.29, 0.717) is 0 Å². The first-order chi connectivity index (χ1) is 18.5. The maximum atomic E-state index is 10.3. The molecule has 0 aromatic heterocycles. The van der Waals surface area contributed by atoms with Crippen LogP contribution < -0.4 is 0 Å². The first-order valence-electron chi connectivity index (χ1n) is 15.7. The third-order valence-corrected chi connectivity index (χ3v) is 7.44. The highest BCUT2D eigenvalue weighted by Gasteiger charge is 2.40. The van der Waals surface area contributed by atoms with Crippen molar-refractivity contribution in [3.05, 3.63) is 0 Å². The predicted molar refractivity (Wildman–Crippen MR) is 158 cm³/mol. The Morgan fingerprint density at radius 2 is 0.769 bits per heavy atom. The Labute approximate surface area is 238 Å². The molecule has 0 unspecified atom stereocenters. The van der Waals surface area contributed by atoms with Crippen LogP contribution in [0.1, 0.15) is 149 Å². The van der Waals surface area contributed by atoms with Crippen molar-refractivity contribution < 1.29 is 39.3 Å². The molecule has 0 saturated heterocycles. The zero-order chi connectivity index (χ0) is 30.0. The molecule has 4 N–H and O–H groups in total. The Morgan fingerprint density at radius 3 is 1.00 bits per heavy atom. The van der Waals surface area contributed by atoms with Gasteiger partial charge in [-0.05, 0) is 38.5 Å². The third kappa shape index (κ3) is 25.1. The molecule has 0 aliphatic heterocycles. The van der Waals surface area contributed by atoms with Crippen LogP contribution in [0.5, 0.6) is 0 Å². The molecular formula is C31H62NO7+. The van der Waals surface area contributed by atoms with Crippen LogP contribution in [0.15, 0.2) is 0 Å². The lowest BCUT2D eigenvalue weighted by Crippen LogP contribution is -2.46. The monoisotopic (exact) mass is 560 g/mol. The molecule has 39 heavy (non-hydrogen) atoms. The number of carboxylic acids is 3. The van der Waals surface area contributed by atoms with Crippen molar-refractivity contribution >= 4 is 17.9 Å². The molecule has 0 saturated carbocycles. The van der Waals surface area contributed by atoms with Gasteiger partial charge in [-0.2, -0.15) is 0 Å². The summed E-state index contributed by atoms with van der Waals surface area (Å²) in [7, 11) is 2.56. The van der Waals surface area contributed by atoms with Crippen molar-refractivity contribution in [1.82, 2.24) is 0 Å². The molecule has 8 heteroatoms. The Kier molecular flexibility index (Phi) is 25.6. The van der Waals surface area contributed by atoms with Crippen molar-refractivity contribution in [2.45, 2.75) is 155 Å². The van der Waals surface area contributed by atoms with E-state index in [1.165, 1.54) is 140 Å². The summed E-state index contributed by atoms with van der Waals surface area (Å²) in [6.45, 7) is 11.2. The molecule has 8 nitrogen and oxygen atoms in total. The second-order valence-electron chi connectivity index (χ2n) is 11.6. The van der Waals surface area contributed by atoms with Gasteiger partial charge < -0.3 is 24.9 Å². The Balaban J connectivity index is 0. The first-order valence-corrected chi connectivity index (χ1v) is 15.7. The van der Waals surface area contributed by atoms with E-state index in [2.05, 4.69) is 27.8 Å². The summed E-state index contributed by atoms with van der Waals surface area (Å²) < 4.78 is 1.36. The van der Waals surface area contributed by atoms with Crippen LogP contribution in [-0.4, -0.2) is 75.1 Å². The molecule has 0 aromatic carbocycles. The molecule has 0 bridgehead atoms. The smallest absolute Gasteiger partial charge is 0.336 e. The van der Waals surface area contributed by atoms with Gasteiger partial charge in [-0.25, -0.2) is 4.79 Å². The number of quaternary nitrogens is 1. The molecule has 232 valence electrons. The molecule has 0 aromatic rings. The zero-order valence-electron chi connectivity index (χ0n) is 25.7. The topological polar surface area (TPSA) is 132 Å². The van der Waals surface area contributed by atoms with Gasteiger partial charge in [-0.15, -0.1) is 0 Å². The van der Waals surface area contributed by atoms with E-state index in [-0.39, 0.29) is 0 Å². The maximum absolute atomic E-state index is 10.3. The third-order valence-electron chi connectivity index (χ3n) is 7.44. The van der Waals surface area contributed by atoms with Gasteiger partial charge in [0.1, 0.15) is 0 Å². The Hall–Kier alpha value is -1.67. The number of rotatable bonds is 26. The van der Waals surface area contributed by atoms with E-state index in [4.69, 9.17) is 20.4 Å². The second kappa shape index (κ2) is 25.3. The summed E-state index contributed by atoms with van der Waals surface area (Å²) >= 11 is 0. The quantitative estimate of drug-likeness (QED) is 0.0646. The predicted octanol–water partition coefficient (Wildman–Crippen LogP) is 7.27. The van der Waals surface area contributed by atoms with E-state index in [1.54, 1.807) is 0 Å². The molecule has 0 fully saturated rings. The maximum Gasteiger partial charge on any atom is 0.336 e. The minimum absolute atomic E-state index is 1.14. The minimum atomic E-state index is -2.74. The zero-order valence-corrected chi connectivity index (χ0v) is 25.7. The molecule has 0 heterocycles. The number of unbranched alkanes of at least 4 members (excludes halogenated alkanes) is 15. The van der Waals surface area contributed by atoms with Crippen molar-refractivity contribution in [1.29, 1.82) is 0 Å². The van der Waals surface area contributed by atoms with Crippen molar-refractivity contribution in [2.24, 2.45) is 0 Å². The molecule has 0 aliphatic carbocycles. The number of carboxylic acid groups (broad SMARTS) is 3. The minimum Gasteiger partial charge on any atom is -0.481 e. The second-order valence-corrected chi connectivity index (χ2v) is 11.6. The van der Waals surface area contributed by atoms with Gasteiger partial charge in [0.25, 0.3) is 0 Å². The summed E-state index contributed by atoms with van der Waals surface area (Å²) in [6.07, 6.45) is 23.6. The molecule has 0 spiro atoms. The van der Waals surface area contributed by atoms with Crippen LogP contribution >= 0.6 is 0 Å². The molecule has 0 atom stereocenters. The number of aliphatic carboxylic acids is 3. The van der Waals surface area contributed by atoms with Gasteiger partial charge in [0.15, 0.2) is 5.60 Å². The molecule has 0 radical (unpaired) electrons. The molecule has 0 amide bonds. The van der Waals surface area contributed by atoms with E-state index < -0.39 is 36.4 Å². The van der Waals surface area contributed by atoms with Crippen LogP contribution in [0.4, 0.5) is 0 Å². The van der Waals surface area contributed by atoms with Crippen LogP contribution in [-0.2, 0) is 14.4 Å². The van der Waals surface area contributed by atoms with Gasteiger partial charge >= 0.3 is 17.9 Å². The van der Waals surface area contributed by atoms with E-state index in [1.807, 2.05) is 0 Å². The van der Waals surface area contributed by atoms with Crippen LogP contribution in [0.25, 0.3) is 0 Å². The number of nitrogens with zero attached hydrogens (tertiary/aromatic N) is 1. The summed E-state index contributed by atoms with van der Waals surface area (Å²) in [5.74, 6) is -5.02. The SMILES string of the molecule is CCCCCCCC[N+](C)(CCCCCCCC)CCCCCCCC.O=C(O)CC(O)(CC(=O)O)C(=O)O. The largest absolute Gasteiger partial charge is 0.481 e. The van der Waals surface area contributed by atoms with Gasteiger partial charge in [-0.1, -0.05) is 97.8 Å². The average Bonchev–Trinajstić information content (AvgIpc) is 2.85. The van der Waals surface area contributed by atoms with Gasteiger partial charge in [0.2, 0.25) is 0 Å². The number of hydrogen-bond donors (Lipinski definition) is 4. The number of aliphatic hydroxyl groups is 1. The molecular weight excluding hydrogens is 498 g/mol. The fraction of sp³-hybridized carbons (Fsp3) is 0.903. The average molecular weight is 561 g/mol. The van der Waals surface area contributed by atoms with E-state index >= 15 is 0 Å². The summed E-state index contributed by atoms with van der Waals surface area (Å²) in [4.78, 5) is 30.5. The Morgan fingerprint density at radius 1 is 0.513 bits per heavy atom. The van der Waals surface area contributed by atoms with Crippen molar-refractivity contribution in [2.75, 3.05) is 26.7 Å². The number of hydrogen-bond acceptors (Lipinski definition) is 4. The summed E-state index contributed by atoms with van der Waals surface area (Å²) in [5.41, 5.74) is -2.74. The normalized spacial score (nSPS) is 11.6. The summed E-state index contributed by atoms with van der Waals surface area (Å²) in [5, 5.41) is 33.8. The first kappa shape index (κ1) is 39.5. The fourth-order valence-corrected chi connectivity index (χ4v) is 4.87. The highest BCUT2D eigenvalue weighted by atomic mass is 16.4. The fourth-order valence-electron chi connectivity index (χ4n) is 4.87. The van der Waals surface area contributed by atoms with Gasteiger partial charge in [0, 0.05) is 0 Å². The standard InChI is InChI=1S/C25H54N.C6H8O7/c1-5-8-11-14-17-20-23-26(4,24-21-18-15-12-9-6-2)25-22-19-16-13-10-7-3;7-3(8)1-6(13,5(11)12)2-4(9)10/h5-25H2,1-4H3;13H,1-2H2,(H,7,8)(H,9,10)(H,11,12)/q+1;. The van der Waals surface area contributed by atoms with E-state index in [0.717, 1.165) is 0 Å². The molecule has 0 aliphatic rings.